The van der Waals surface area contributed by atoms with E-state index >= 15 is 0 Å². The average Bonchev–Trinajstić information content (AvgIpc) is 1.89. The van der Waals surface area contributed by atoms with Gasteiger partial charge in [0.15, 0.2) is 0 Å². The summed E-state index contributed by atoms with van der Waals surface area (Å²) >= 11 is 4.47. The SMILES string of the molecule is CCCCOP([O-])(=S)OC. The maximum atomic E-state index is 10.8. The normalized spacial score (nSPS) is 16.7. The molecule has 0 aromatic rings. The molecule has 0 saturated heterocycles. The Morgan fingerprint density at radius 2 is 2.20 bits per heavy atom. The third-order valence-electron chi connectivity index (χ3n) is 0.971. The quantitative estimate of drug-likeness (QED) is 0.471. The topological polar surface area (TPSA) is 41.5 Å². The average molecular weight is 183 g/mol. The smallest absolute Gasteiger partial charge is 0.115 e. The molecule has 10 heavy (non-hydrogen) atoms. The lowest BCUT2D eigenvalue weighted by atomic mass is 10.4. The summed E-state index contributed by atoms with van der Waals surface area (Å²) in [7, 11) is 1.29. The number of hydrogen-bond acceptors (Lipinski definition) is 4. The van der Waals surface area contributed by atoms with Crippen LogP contribution in [0.1, 0.15) is 19.8 Å². The zero-order valence-electron chi connectivity index (χ0n) is 6.20. The van der Waals surface area contributed by atoms with Gasteiger partial charge in [0.2, 0.25) is 0 Å². The van der Waals surface area contributed by atoms with E-state index in [2.05, 4.69) is 16.3 Å². The summed E-state index contributed by atoms with van der Waals surface area (Å²) in [6.07, 6.45) is 1.86. The van der Waals surface area contributed by atoms with Gasteiger partial charge < -0.3 is 13.9 Å². The lowest BCUT2D eigenvalue weighted by Gasteiger charge is -2.24. The lowest BCUT2D eigenvalue weighted by Crippen LogP contribution is -2.06. The van der Waals surface area contributed by atoms with Gasteiger partial charge in [0, 0.05) is 7.11 Å². The molecule has 0 radical (unpaired) electrons. The van der Waals surface area contributed by atoms with Crippen LogP contribution in [0.15, 0.2) is 0 Å². The van der Waals surface area contributed by atoms with Crippen LogP contribution in [0.5, 0.6) is 0 Å². The highest BCUT2D eigenvalue weighted by Crippen LogP contribution is 2.37. The van der Waals surface area contributed by atoms with E-state index in [1.165, 1.54) is 7.11 Å². The van der Waals surface area contributed by atoms with Crippen LogP contribution in [-0.2, 0) is 20.9 Å². The second-order valence-corrected chi connectivity index (χ2v) is 4.68. The van der Waals surface area contributed by atoms with E-state index < -0.39 is 6.72 Å². The summed E-state index contributed by atoms with van der Waals surface area (Å²) < 4.78 is 9.20. The van der Waals surface area contributed by atoms with E-state index in [9.17, 15) is 4.89 Å². The molecule has 0 aromatic heterocycles. The molecule has 5 heteroatoms. The Morgan fingerprint density at radius 1 is 1.60 bits per heavy atom. The maximum absolute atomic E-state index is 10.8. The molecule has 1 atom stereocenters. The summed E-state index contributed by atoms with van der Waals surface area (Å²) in [5.74, 6) is 0. The third kappa shape index (κ3) is 5.33. The zero-order chi connectivity index (χ0) is 8.04. The van der Waals surface area contributed by atoms with Crippen LogP contribution in [0.2, 0.25) is 0 Å². The minimum absolute atomic E-state index is 0.422. The number of hydrogen-bond donors (Lipinski definition) is 0. The van der Waals surface area contributed by atoms with Crippen LogP contribution in [0, 0.1) is 0 Å². The van der Waals surface area contributed by atoms with Gasteiger partial charge >= 0.3 is 0 Å². The van der Waals surface area contributed by atoms with E-state index in [4.69, 9.17) is 4.52 Å². The van der Waals surface area contributed by atoms with Gasteiger partial charge in [-0.25, -0.2) is 0 Å². The molecule has 62 valence electrons. The van der Waals surface area contributed by atoms with E-state index in [0.717, 1.165) is 12.8 Å². The highest BCUT2D eigenvalue weighted by molar-refractivity contribution is 8.06. The maximum Gasteiger partial charge on any atom is 0.115 e. The van der Waals surface area contributed by atoms with E-state index in [0.29, 0.717) is 6.61 Å². The molecule has 0 rings (SSSR count). The van der Waals surface area contributed by atoms with Crippen LogP contribution in [0.4, 0.5) is 0 Å². The number of unbranched alkanes of at least 4 members (excludes halogenated alkanes) is 1. The highest BCUT2D eigenvalue weighted by Gasteiger charge is 1.97. The van der Waals surface area contributed by atoms with E-state index in [1.807, 2.05) is 6.92 Å². The summed E-state index contributed by atoms with van der Waals surface area (Å²) in [4.78, 5) is 10.8. The van der Waals surface area contributed by atoms with Crippen molar-refractivity contribution in [2.24, 2.45) is 0 Å². The fourth-order valence-electron chi connectivity index (χ4n) is 0.373. The molecule has 0 spiro atoms. The molecule has 0 aliphatic heterocycles. The Morgan fingerprint density at radius 3 is 2.60 bits per heavy atom. The number of rotatable bonds is 5. The minimum Gasteiger partial charge on any atom is -0.780 e. The Hall–Kier alpha value is 0.530. The van der Waals surface area contributed by atoms with Crippen LogP contribution < -0.4 is 4.89 Å². The van der Waals surface area contributed by atoms with Crippen molar-refractivity contribution in [3.8, 4) is 0 Å². The highest BCUT2D eigenvalue weighted by atomic mass is 32.5. The Bertz CT molecular complexity index is 128. The third-order valence-corrected chi connectivity index (χ3v) is 2.68. The molecule has 0 fully saturated rings. The van der Waals surface area contributed by atoms with Crippen molar-refractivity contribution in [3.63, 3.8) is 0 Å². The molecular formula is C5H12O3PS-. The first-order valence-corrected chi connectivity index (χ1v) is 5.69. The fraction of sp³-hybridized carbons (Fsp3) is 1.00. The van der Waals surface area contributed by atoms with Crippen LogP contribution in [0.3, 0.4) is 0 Å². The van der Waals surface area contributed by atoms with Crippen molar-refractivity contribution in [2.45, 2.75) is 19.8 Å². The van der Waals surface area contributed by atoms with Crippen LogP contribution >= 0.6 is 6.72 Å². The molecular weight excluding hydrogens is 171 g/mol. The summed E-state index contributed by atoms with van der Waals surface area (Å²) in [5.41, 5.74) is 0. The van der Waals surface area contributed by atoms with Crippen molar-refractivity contribution in [3.05, 3.63) is 0 Å². The van der Waals surface area contributed by atoms with Gasteiger partial charge in [-0.05, 0) is 6.42 Å². The largest absolute Gasteiger partial charge is 0.780 e. The molecule has 0 N–H and O–H groups in total. The fourth-order valence-corrected chi connectivity index (χ4v) is 1.06. The monoisotopic (exact) mass is 183 g/mol. The standard InChI is InChI=1S/C5H13O3PS/c1-3-4-5-8-9(6,10)7-2/h3-5H2,1-2H3,(H,6,10)/p-1. The molecule has 0 bridgehead atoms. The summed E-state index contributed by atoms with van der Waals surface area (Å²) in [6.45, 7) is -0.680. The van der Waals surface area contributed by atoms with E-state index in [1.54, 1.807) is 0 Å². The Labute approximate surface area is 66.6 Å². The molecule has 0 saturated carbocycles. The molecule has 1 unspecified atom stereocenters. The first kappa shape index (κ1) is 10.5. The van der Waals surface area contributed by atoms with Crippen molar-refractivity contribution in [1.82, 2.24) is 0 Å². The minimum atomic E-state index is -3.12. The second kappa shape index (κ2) is 5.22. The molecule has 0 aliphatic rings. The summed E-state index contributed by atoms with van der Waals surface area (Å²) in [5, 5.41) is 0. The molecule has 3 nitrogen and oxygen atoms in total. The van der Waals surface area contributed by atoms with E-state index in [-0.39, 0.29) is 0 Å². The molecule has 0 heterocycles. The molecule has 0 aromatic carbocycles. The van der Waals surface area contributed by atoms with Crippen molar-refractivity contribution in [2.75, 3.05) is 13.7 Å². The predicted octanol–water partition coefficient (Wildman–Crippen LogP) is 1.03. The van der Waals surface area contributed by atoms with Gasteiger partial charge in [0.1, 0.15) is 6.72 Å². The molecule has 0 amide bonds. The zero-order valence-corrected chi connectivity index (χ0v) is 7.91. The predicted molar refractivity (Wildman–Crippen MR) is 42.2 cm³/mol. The first-order chi connectivity index (χ1) is 4.62. The van der Waals surface area contributed by atoms with Crippen LogP contribution in [-0.4, -0.2) is 13.7 Å². The van der Waals surface area contributed by atoms with Gasteiger partial charge in [0.25, 0.3) is 0 Å². The Kier molecular flexibility index (Phi) is 5.49. The van der Waals surface area contributed by atoms with Gasteiger partial charge in [0.05, 0.1) is 6.61 Å². The molecule has 0 aliphatic carbocycles. The van der Waals surface area contributed by atoms with Gasteiger partial charge in [-0.2, -0.15) is 0 Å². The van der Waals surface area contributed by atoms with Crippen molar-refractivity contribution < 1.29 is 13.9 Å². The first-order valence-electron chi connectivity index (χ1n) is 3.13. The van der Waals surface area contributed by atoms with Crippen molar-refractivity contribution >= 4 is 18.5 Å². The van der Waals surface area contributed by atoms with Gasteiger partial charge in [-0.3, -0.25) is 0 Å². The van der Waals surface area contributed by atoms with Gasteiger partial charge in [-0.15, -0.1) is 0 Å². The summed E-state index contributed by atoms with van der Waals surface area (Å²) in [6, 6.07) is 0. The Balaban J connectivity index is 3.38. The van der Waals surface area contributed by atoms with Gasteiger partial charge in [-0.1, -0.05) is 25.2 Å². The lowest BCUT2D eigenvalue weighted by molar-refractivity contribution is -0.204. The second-order valence-electron chi connectivity index (χ2n) is 1.82. The van der Waals surface area contributed by atoms with Crippen LogP contribution in [0.25, 0.3) is 0 Å². The van der Waals surface area contributed by atoms with Crippen molar-refractivity contribution in [1.29, 1.82) is 0 Å².